The smallest absolute Gasteiger partial charge is 0.263 e. The van der Waals surface area contributed by atoms with Gasteiger partial charge in [0.2, 0.25) is 0 Å². The normalized spacial score (nSPS) is 10.7. The van der Waals surface area contributed by atoms with E-state index < -0.39 is 0 Å². The van der Waals surface area contributed by atoms with Crippen molar-refractivity contribution >= 4 is 38.9 Å². The Labute approximate surface area is 153 Å². The van der Waals surface area contributed by atoms with Crippen molar-refractivity contribution in [1.82, 2.24) is 5.32 Å². The molecule has 7 heteroatoms. The third-order valence-electron chi connectivity index (χ3n) is 3.73. The highest BCUT2D eigenvalue weighted by Crippen LogP contribution is 2.35. The first-order chi connectivity index (χ1) is 12.0. The number of rotatable bonds is 5. The van der Waals surface area contributed by atoms with Crippen molar-refractivity contribution in [3.63, 3.8) is 0 Å². The molecule has 25 heavy (non-hydrogen) atoms. The predicted molar refractivity (Wildman–Crippen MR) is 97.5 cm³/mol. The molecule has 0 saturated heterocycles. The SMILES string of the molecule is COc1ccc(CNC(=O)c2sc3cc(F)ccc3c2Cl)c(OC)c1. The van der Waals surface area contributed by atoms with E-state index in [-0.39, 0.29) is 18.3 Å². The van der Waals surface area contributed by atoms with Crippen molar-refractivity contribution < 1.29 is 18.7 Å². The van der Waals surface area contributed by atoms with Crippen LogP contribution in [0.15, 0.2) is 36.4 Å². The van der Waals surface area contributed by atoms with Crippen LogP contribution in [-0.4, -0.2) is 20.1 Å². The quantitative estimate of drug-likeness (QED) is 0.702. The summed E-state index contributed by atoms with van der Waals surface area (Å²) in [6, 6.07) is 9.63. The van der Waals surface area contributed by atoms with Gasteiger partial charge in [-0.25, -0.2) is 4.39 Å². The minimum atomic E-state index is -0.361. The monoisotopic (exact) mass is 379 g/mol. The summed E-state index contributed by atoms with van der Waals surface area (Å²) in [4.78, 5) is 12.8. The summed E-state index contributed by atoms with van der Waals surface area (Å²) in [5.74, 6) is 0.607. The number of carbonyl (C=O) groups excluding carboxylic acids is 1. The minimum Gasteiger partial charge on any atom is -0.497 e. The van der Waals surface area contributed by atoms with Crippen LogP contribution in [-0.2, 0) is 6.54 Å². The zero-order valence-electron chi connectivity index (χ0n) is 13.6. The maximum absolute atomic E-state index is 13.3. The summed E-state index contributed by atoms with van der Waals surface area (Å²) < 4.78 is 24.4. The Balaban J connectivity index is 1.80. The van der Waals surface area contributed by atoms with Gasteiger partial charge in [-0.3, -0.25) is 4.79 Å². The maximum atomic E-state index is 13.3. The number of fused-ring (bicyclic) bond motifs is 1. The van der Waals surface area contributed by atoms with Crippen molar-refractivity contribution in [2.75, 3.05) is 14.2 Å². The molecule has 0 bridgehead atoms. The third kappa shape index (κ3) is 3.55. The first kappa shape index (κ1) is 17.5. The van der Waals surface area contributed by atoms with Crippen molar-refractivity contribution in [3.8, 4) is 11.5 Å². The third-order valence-corrected chi connectivity index (χ3v) is 5.39. The lowest BCUT2D eigenvalue weighted by Crippen LogP contribution is -2.22. The lowest BCUT2D eigenvalue weighted by molar-refractivity contribution is 0.0955. The summed E-state index contributed by atoms with van der Waals surface area (Å²) >= 11 is 7.43. The Morgan fingerprint density at radius 2 is 2.00 bits per heavy atom. The van der Waals surface area contributed by atoms with Gasteiger partial charge in [0.25, 0.3) is 5.91 Å². The highest BCUT2D eigenvalue weighted by atomic mass is 35.5. The molecule has 1 N–H and O–H groups in total. The number of carbonyl (C=O) groups is 1. The molecular weight excluding hydrogens is 365 g/mol. The van der Waals surface area contributed by atoms with E-state index in [1.54, 1.807) is 32.4 Å². The molecule has 0 atom stereocenters. The number of benzene rings is 2. The highest BCUT2D eigenvalue weighted by Gasteiger charge is 2.18. The van der Waals surface area contributed by atoms with Crippen LogP contribution in [0.4, 0.5) is 4.39 Å². The number of hydrogen-bond acceptors (Lipinski definition) is 4. The first-order valence-electron chi connectivity index (χ1n) is 7.40. The summed E-state index contributed by atoms with van der Waals surface area (Å²) in [5, 5.41) is 3.82. The molecule has 0 saturated carbocycles. The van der Waals surface area contributed by atoms with Gasteiger partial charge >= 0.3 is 0 Å². The Morgan fingerprint density at radius 3 is 2.72 bits per heavy atom. The number of thiophene rings is 1. The summed E-state index contributed by atoms with van der Waals surface area (Å²) in [7, 11) is 3.13. The van der Waals surface area contributed by atoms with Crippen LogP contribution >= 0.6 is 22.9 Å². The van der Waals surface area contributed by atoms with Gasteiger partial charge in [0.1, 0.15) is 22.2 Å². The van der Waals surface area contributed by atoms with Crippen LogP contribution < -0.4 is 14.8 Å². The summed E-state index contributed by atoms with van der Waals surface area (Å²) in [5.41, 5.74) is 0.805. The fourth-order valence-electron chi connectivity index (χ4n) is 2.44. The van der Waals surface area contributed by atoms with Gasteiger partial charge in [0, 0.05) is 28.3 Å². The number of halogens is 2. The highest BCUT2D eigenvalue weighted by molar-refractivity contribution is 7.21. The number of methoxy groups -OCH3 is 2. The van der Waals surface area contributed by atoms with E-state index >= 15 is 0 Å². The Morgan fingerprint density at radius 1 is 1.20 bits per heavy atom. The predicted octanol–water partition coefficient (Wildman–Crippen LogP) is 4.64. The van der Waals surface area contributed by atoms with E-state index in [4.69, 9.17) is 21.1 Å². The standard InChI is InChI=1S/C18H15ClFNO3S/c1-23-12-5-3-10(14(8-12)24-2)9-21-18(22)17-16(19)13-6-4-11(20)7-15(13)25-17/h3-8H,9H2,1-2H3,(H,21,22). The van der Waals surface area contributed by atoms with E-state index in [0.717, 1.165) is 16.9 Å². The second-order valence-electron chi connectivity index (χ2n) is 5.25. The molecule has 0 aliphatic heterocycles. The Bertz CT molecular complexity index is 941. The molecule has 0 radical (unpaired) electrons. The van der Waals surface area contributed by atoms with Gasteiger partial charge in [0.05, 0.1) is 19.2 Å². The van der Waals surface area contributed by atoms with E-state index in [1.807, 2.05) is 6.07 Å². The van der Waals surface area contributed by atoms with Crippen LogP contribution in [0.25, 0.3) is 10.1 Å². The minimum absolute atomic E-state index is 0.269. The van der Waals surface area contributed by atoms with E-state index in [2.05, 4.69) is 5.32 Å². The Kier molecular flexibility index (Phi) is 5.11. The molecule has 0 fully saturated rings. The van der Waals surface area contributed by atoms with Gasteiger partial charge in [-0.2, -0.15) is 0 Å². The second kappa shape index (κ2) is 7.29. The summed E-state index contributed by atoms with van der Waals surface area (Å²) in [6.07, 6.45) is 0. The lowest BCUT2D eigenvalue weighted by Gasteiger charge is -2.11. The van der Waals surface area contributed by atoms with Gasteiger partial charge in [-0.15, -0.1) is 11.3 Å². The molecule has 0 aliphatic rings. The molecule has 4 nitrogen and oxygen atoms in total. The lowest BCUT2D eigenvalue weighted by atomic mass is 10.2. The molecule has 1 aromatic heterocycles. The van der Waals surface area contributed by atoms with Gasteiger partial charge in [-0.05, 0) is 30.3 Å². The van der Waals surface area contributed by atoms with Gasteiger partial charge < -0.3 is 14.8 Å². The average molecular weight is 380 g/mol. The molecule has 0 unspecified atom stereocenters. The van der Waals surface area contributed by atoms with Crippen molar-refractivity contribution in [2.24, 2.45) is 0 Å². The fourth-order valence-corrected chi connectivity index (χ4v) is 3.90. The number of nitrogens with one attached hydrogen (secondary N) is 1. The van der Waals surface area contributed by atoms with E-state index in [1.165, 1.54) is 12.1 Å². The zero-order chi connectivity index (χ0) is 18.0. The largest absolute Gasteiger partial charge is 0.497 e. The zero-order valence-corrected chi connectivity index (χ0v) is 15.1. The van der Waals surface area contributed by atoms with Crippen LogP contribution in [0.5, 0.6) is 11.5 Å². The molecule has 0 aliphatic carbocycles. The fraction of sp³-hybridized carbons (Fsp3) is 0.167. The van der Waals surface area contributed by atoms with Gasteiger partial charge in [0.15, 0.2) is 0 Å². The molecule has 3 rings (SSSR count). The number of ether oxygens (including phenoxy) is 2. The maximum Gasteiger partial charge on any atom is 0.263 e. The average Bonchev–Trinajstić information content (AvgIpc) is 2.95. The molecule has 1 heterocycles. The van der Waals surface area contributed by atoms with E-state index in [0.29, 0.717) is 31.5 Å². The van der Waals surface area contributed by atoms with Crippen molar-refractivity contribution in [2.45, 2.75) is 6.54 Å². The molecule has 3 aromatic rings. The molecular formula is C18H15ClFNO3S. The Hall–Kier alpha value is -2.31. The first-order valence-corrected chi connectivity index (χ1v) is 8.59. The molecule has 1 amide bonds. The molecule has 2 aromatic carbocycles. The second-order valence-corrected chi connectivity index (χ2v) is 6.68. The number of amides is 1. The van der Waals surface area contributed by atoms with E-state index in [9.17, 15) is 9.18 Å². The summed E-state index contributed by atoms with van der Waals surface area (Å²) in [6.45, 7) is 0.269. The van der Waals surface area contributed by atoms with Crippen LogP contribution in [0, 0.1) is 5.82 Å². The van der Waals surface area contributed by atoms with Crippen LogP contribution in [0.2, 0.25) is 5.02 Å². The van der Waals surface area contributed by atoms with Crippen LogP contribution in [0.3, 0.4) is 0 Å². The van der Waals surface area contributed by atoms with Gasteiger partial charge in [-0.1, -0.05) is 11.6 Å². The molecule has 130 valence electrons. The number of hydrogen-bond donors (Lipinski definition) is 1. The topological polar surface area (TPSA) is 47.6 Å². The van der Waals surface area contributed by atoms with Crippen molar-refractivity contribution in [3.05, 3.63) is 57.7 Å². The van der Waals surface area contributed by atoms with Crippen molar-refractivity contribution in [1.29, 1.82) is 0 Å². The van der Waals surface area contributed by atoms with Crippen LogP contribution in [0.1, 0.15) is 15.2 Å². The molecule has 0 spiro atoms.